The molecule has 1 aromatic heterocycles. The summed E-state index contributed by atoms with van der Waals surface area (Å²) < 4.78 is 5.67. The van der Waals surface area contributed by atoms with E-state index in [4.69, 9.17) is 4.74 Å². The summed E-state index contributed by atoms with van der Waals surface area (Å²) in [4.78, 5) is 8.24. The van der Waals surface area contributed by atoms with Gasteiger partial charge in [-0.2, -0.15) is 0 Å². The van der Waals surface area contributed by atoms with Crippen molar-refractivity contribution in [2.75, 3.05) is 12.4 Å². The highest BCUT2D eigenvalue weighted by Crippen LogP contribution is 2.20. The Morgan fingerprint density at radius 2 is 1.94 bits per heavy atom. The third kappa shape index (κ3) is 2.72. The van der Waals surface area contributed by atoms with Crippen molar-refractivity contribution in [3.8, 4) is 5.88 Å². The monoisotopic (exact) mass is 229 g/mol. The molecule has 0 aliphatic rings. The summed E-state index contributed by atoms with van der Waals surface area (Å²) in [5.74, 6) is 1.41. The van der Waals surface area contributed by atoms with E-state index in [0.717, 1.165) is 16.9 Å². The molecule has 1 N–H and O–H groups in total. The molecule has 0 amide bonds. The summed E-state index contributed by atoms with van der Waals surface area (Å²) in [5, 5.41) is 3.00. The van der Waals surface area contributed by atoms with Gasteiger partial charge in [0.05, 0.1) is 5.56 Å². The Morgan fingerprint density at radius 1 is 1.18 bits per heavy atom. The summed E-state index contributed by atoms with van der Waals surface area (Å²) in [6, 6.07) is 10.0. The van der Waals surface area contributed by atoms with Gasteiger partial charge in [-0.3, -0.25) is 0 Å². The Labute approximate surface area is 101 Å². The smallest absolute Gasteiger partial charge is 0.221 e. The highest BCUT2D eigenvalue weighted by Gasteiger charge is 2.06. The van der Waals surface area contributed by atoms with Gasteiger partial charge in [-0.25, -0.2) is 9.97 Å². The van der Waals surface area contributed by atoms with Crippen molar-refractivity contribution < 1.29 is 4.74 Å². The number of anilines is 1. The number of rotatable bonds is 4. The first-order valence-electron chi connectivity index (χ1n) is 5.47. The average molecular weight is 229 g/mol. The van der Waals surface area contributed by atoms with E-state index in [2.05, 4.69) is 15.3 Å². The van der Waals surface area contributed by atoms with Crippen LogP contribution in [0, 0.1) is 6.92 Å². The van der Waals surface area contributed by atoms with Crippen molar-refractivity contribution in [3.63, 3.8) is 0 Å². The SMILES string of the molecule is CNc1ncnc(OCc2ccccc2)c1C. The van der Waals surface area contributed by atoms with Crippen LogP contribution in [0.15, 0.2) is 36.7 Å². The van der Waals surface area contributed by atoms with E-state index in [9.17, 15) is 0 Å². The fourth-order valence-corrected chi connectivity index (χ4v) is 1.56. The summed E-state index contributed by atoms with van der Waals surface area (Å²) in [6.45, 7) is 2.45. The van der Waals surface area contributed by atoms with Gasteiger partial charge < -0.3 is 10.1 Å². The van der Waals surface area contributed by atoms with Gasteiger partial charge in [-0.1, -0.05) is 30.3 Å². The number of hydrogen-bond acceptors (Lipinski definition) is 4. The van der Waals surface area contributed by atoms with Crippen LogP contribution in [0.3, 0.4) is 0 Å². The Hall–Kier alpha value is -2.10. The highest BCUT2D eigenvalue weighted by atomic mass is 16.5. The van der Waals surface area contributed by atoms with E-state index in [1.165, 1.54) is 6.33 Å². The zero-order chi connectivity index (χ0) is 12.1. The molecule has 0 aliphatic carbocycles. The van der Waals surface area contributed by atoms with Crippen molar-refractivity contribution in [1.29, 1.82) is 0 Å². The van der Waals surface area contributed by atoms with E-state index in [-0.39, 0.29) is 0 Å². The fraction of sp³-hybridized carbons (Fsp3) is 0.231. The highest BCUT2D eigenvalue weighted by molar-refractivity contribution is 5.46. The van der Waals surface area contributed by atoms with Gasteiger partial charge in [0, 0.05) is 7.05 Å². The summed E-state index contributed by atoms with van der Waals surface area (Å²) >= 11 is 0. The van der Waals surface area contributed by atoms with Gasteiger partial charge in [0.1, 0.15) is 18.8 Å². The van der Waals surface area contributed by atoms with E-state index in [1.54, 1.807) is 0 Å². The largest absolute Gasteiger partial charge is 0.472 e. The number of nitrogens with one attached hydrogen (secondary N) is 1. The average Bonchev–Trinajstić information content (AvgIpc) is 2.39. The van der Waals surface area contributed by atoms with Crippen LogP contribution in [0.25, 0.3) is 0 Å². The molecule has 2 rings (SSSR count). The van der Waals surface area contributed by atoms with E-state index in [0.29, 0.717) is 12.5 Å². The lowest BCUT2D eigenvalue weighted by Gasteiger charge is -2.10. The first kappa shape index (κ1) is 11.4. The first-order valence-corrected chi connectivity index (χ1v) is 5.47. The maximum absolute atomic E-state index is 5.67. The van der Waals surface area contributed by atoms with Gasteiger partial charge in [0.2, 0.25) is 5.88 Å². The summed E-state index contributed by atoms with van der Waals surface area (Å²) in [7, 11) is 1.83. The number of aromatic nitrogens is 2. The minimum atomic E-state index is 0.516. The first-order chi connectivity index (χ1) is 8.31. The predicted octanol–water partition coefficient (Wildman–Crippen LogP) is 2.41. The van der Waals surface area contributed by atoms with Gasteiger partial charge >= 0.3 is 0 Å². The second-order valence-corrected chi connectivity index (χ2v) is 3.68. The molecular formula is C13H15N3O. The molecule has 0 saturated heterocycles. The Balaban J connectivity index is 2.09. The molecule has 17 heavy (non-hydrogen) atoms. The molecule has 0 bridgehead atoms. The Morgan fingerprint density at radius 3 is 2.65 bits per heavy atom. The minimum absolute atomic E-state index is 0.516. The van der Waals surface area contributed by atoms with Crippen molar-refractivity contribution in [2.24, 2.45) is 0 Å². The number of hydrogen-bond donors (Lipinski definition) is 1. The van der Waals surface area contributed by atoms with Crippen molar-refractivity contribution in [3.05, 3.63) is 47.8 Å². The number of nitrogens with zero attached hydrogens (tertiary/aromatic N) is 2. The lowest BCUT2D eigenvalue weighted by atomic mass is 10.2. The van der Waals surface area contributed by atoms with Crippen LogP contribution in [0.4, 0.5) is 5.82 Å². The molecule has 88 valence electrons. The summed E-state index contributed by atoms with van der Waals surface area (Å²) in [6.07, 6.45) is 1.50. The Bertz CT molecular complexity index is 485. The molecule has 4 nitrogen and oxygen atoms in total. The molecule has 0 saturated carbocycles. The standard InChI is InChI=1S/C13H15N3O/c1-10-12(14-2)15-9-16-13(10)17-8-11-6-4-3-5-7-11/h3-7,9H,8H2,1-2H3,(H,14,15,16). The summed E-state index contributed by atoms with van der Waals surface area (Å²) in [5.41, 5.74) is 2.04. The molecule has 2 aromatic rings. The van der Waals surface area contributed by atoms with Crippen LogP contribution in [-0.2, 0) is 6.61 Å². The maximum atomic E-state index is 5.67. The molecule has 0 spiro atoms. The second kappa shape index (κ2) is 5.30. The molecule has 0 radical (unpaired) electrons. The lowest BCUT2D eigenvalue weighted by Crippen LogP contribution is -2.03. The molecule has 0 aliphatic heterocycles. The van der Waals surface area contributed by atoms with Gasteiger partial charge in [-0.15, -0.1) is 0 Å². The molecule has 1 aromatic carbocycles. The van der Waals surface area contributed by atoms with Crippen LogP contribution >= 0.6 is 0 Å². The van der Waals surface area contributed by atoms with Crippen LogP contribution < -0.4 is 10.1 Å². The lowest BCUT2D eigenvalue weighted by molar-refractivity contribution is 0.291. The van der Waals surface area contributed by atoms with Crippen LogP contribution in [0.5, 0.6) is 5.88 Å². The molecule has 4 heteroatoms. The van der Waals surface area contributed by atoms with Crippen molar-refractivity contribution in [1.82, 2.24) is 9.97 Å². The second-order valence-electron chi connectivity index (χ2n) is 3.68. The zero-order valence-electron chi connectivity index (χ0n) is 9.97. The quantitative estimate of drug-likeness (QED) is 0.874. The molecule has 1 heterocycles. The van der Waals surface area contributed by atoms with Crippen molar-refractivity contribution in [2.45, 2.75) is 13.5 Å². The van der Waals surface area contributed by atoms with Gasteiger partial charge in [0.25, 0.3) is 0 Å². The topological polar surface area (TPSA) is 47.0 Å². The fourth-order valence-electron chi connectivity index (χ4n) is 1.56. The third-order valence-electron chi connectivity index (χ3n) is 2.49. The molecule has 0 fully saturated rings. The third-order valence-corrected chi connectivity index (χ3v) is 2.49. The predicted molar refractivity (Wildman–Crippen MR) is 67.1 cm³/mol. The molecular weight excluding hydrogens is 214 g/mol. The number of ether oxygens (including phenoxy) is 1. The van der Waals surface area contributed by atoms with Gasteiger partial charge in [-0.05, 0) is 12.5 Å². The Kier molecular flexibility index (Phi) is 3.55. The van der Waals surface area contributed by atoms with Crippen LogP contribution in [0.2, 0.25) is 0 Å². The minimum Gasteiger partial charge on any atom is -0.472 e. The zero-order valence-corrected chi connectivity index (χ0v) is 9.97. The van der Waals surface area contributed by atoms with Crippen LogP contribution in [-0.4, -0.2) is 17.0 Å². The van der Waals surface area contributed by atoms with Crippen LogP contribution in [0.1, 0.15) is 11.1 Å². The van der Waals surface area contributed by atoms with Crippen molar-refractivity contribution >= 4 is 5.82 Å². The van der Waals surface area contributed by atoms with E-state index in [1.807, 2.05) is 44.3 Å². The normalized spacial score (nSPS) is 10.0. The van der Waals surface area contributed by atoms with Gasteiger partial charge in [0.15, 0.2) is 0 Å². The molecule has 0 atom stereocenters. The number of benzene rings is 1. The van der Waals surface area contributed by atoms with E-state index >= 15 is 0 Å². The molecule has 0 unspecified atom stereocenters. The maximum Gasteiger partial charge on any atom is 0.221 e. The van der Waals surface area contributed by atoms with E-state index < -0.39 is 0 Å².